The van der Waals surface area contributed by atoms with Gasteiger partial charge in [-0.2, -0.15) is 0 Å². The van der Waals surface area contributed by atoms with E-state index in [0.29, 0.717) is 30.4 Å². The third-order valence-electron chi connectivity index (χ3n) is 4.83. The number of guanidine groups is 1. The van der Waals surface area contributed by atoms with Crippen LogP contribution in [0.4, 0.5) is 4.39 Å². The lowest BCUT2D eigenvalue weighted by Gasteiger charge is -2.14. The summed E-state index contributed by atoms with van der Waals surface area (Å²) in [7, 11) is 5.15. The topological polar surface area (TPSA) is 78.9 Å². The van der Waals surface area contributed by atoms with Crippen molar-refractivity contribution in [2.45, 2.75) is 13.0 Å². The van der Waals surface area contributed by atoms with Crippen LogP contribution in [0, 0.1) is 5.82 Å². The Morgan fingerprint density at radius 1 is 1.09 bits per heavy atom. The Morgan fingerprint density at radius 3 is 2.64 bits per heavy atom. The van der Waals surface area contributed by atoms with Gasteiger partial charge >= 0.3 is 0 Å². The second-order valence-corrected chi connectivity index (χ2v) is 7.56. The van der Waals surface area contributed by atoms with Crippen molar-refractivity contribution in [3.8, 4) is 11.5 Å². The average molecular weight is 450 g/mol. The number of nitrogens with one attached hydrogen (secondary N) is 2. The lowest BCUT2D eigenvalue weighted by atomic mass is 10.1. The molecule has 0 atom stereocenters. The summed E-state index contributed by atoms with van der Waals surface area (Å²) in [5.74, 6) is 0.749. The molecule has 0 aliphatic heterocycles. The van der Waals surface area contributed by atoms with E-state index < -0.39 is 5.82 Å². The molecule has 7 nitrogen and oxygen atoms in total. The molecule has 3 aromatic rings. The first-order valence-electron chi connectivity index (χ1n) is 10.6. The smallest absolute Gasteiger partial charge is 0.253 e. The molecule has 1 amide bonds. The number of hydrogen-bond donors (Lipinski definition) is 2. The van der Waals surface area contributed by atoms with E-state index in [1.165, 1.54) is 12.3 Å². The van der Waals surface area contributed by atoms with E-state index in [1.807, 2.05) is 24.3 Å². The molecule has 0 aliphatic carbocycles. The number of aliphatic imine (C=N–C) groups is 1. The molecule has 1 heterocycles. The second-order valence-electron chi connectivity index (χ2n) is 7.56. The van der Waals surface area contributed by atoms with Gasteiger partial charge in [0.1, 0.15) is 5.75 Å². The lowest BCUT2D eigenvalue weighted by Crippen LogP contribution is -2.37. The quantitative estimate of drug-likeness (QED) is 0.406. The summed E-state index contributed by atoms with van der Waals surface area (Å²) < 4.78 is 20.0. The highest BCUT2D eigenvalue weighted by Gasteiger charge is 2.09. The Labute approximate surface area is 193 Å². The molecular formula is C25H28FN5O2. The van der Waals surface area contributed by atoms with Crippen LogP contribution < -0.4 is 15.4 Å². The summed E-state index contributed by atoms with van der Waals surface area (Å²) in [5.41, 5.74) is 2.47. The molecule has 8 heteroatoms. The molecule has 2 aromatic carbocycles. The molecule has 1 aromatic heterocycles. The SMILES string of the molecule is CN=C(NCCc1cccc(C(=O)N(C)C)c1)NCc1ccc(Oc2cccnc2)c(F)c1. The van der Waals surface area contributed by atoms with Crippen LogP contribution in [-0.4, -0.2) is 49.4 Å². The zero-order chi connectivity index (χ0) is 23.6. The highest BCUT2D eigenvalue weighted by atomic mass is 19.1. The Hall–Kier alpha value is -3.94. The predicted molar refractivity (Wildman–Crippen MR) is 127 cm³/mol. The zero-order valence-corrected chi connectivity index (χ0v) is 19.0. The molecule has 0 radical (unpaired) electrons. The summed E-state index contributed by atoms with van der Waals surface area (Å²) in [6, 6.07) is 15.8. The van der Waals surface area contributed by atoms with Gasteiger partial charge in [0, 0.05) is 46.0 Å². The number of halogens is 1. The van der Waals surface area contributed by atoms with Gasteiger partial charge in [-0.15, -0.1) is 0 Å². The van der Waals surface area contributed by atoms with E-state index in [4.69, 9.17) is 4.74 Å². The Kier molecular flexibility index (Phi) is 8.35. The Morgan fingerprint density at radius 2 is 1.94 bits per heavy atom. The maximum Gasteiger partial charge on any atom is 0.253 e. The standard InChI is InChI=1S/C25H28FN5O2/c1-27-25(29-13-11-18-6-4-7-20(14-18)24(32)31(2)3)30-16-19-9-10-23(22(26)15-19)33-21-8-5-12-28-17-21/h4-10,12,14-15,17H,11,13,16H2,1-3H3,(H2,27,29,30). The van der Waals surface area contributed by atoms with E-state index in [9.17, 15) is 9.18 Å². The van der Waals surface area contributed by atoms with Gasteiger partial charge in [-0.05, 0) is 53.9 Å². The van der Waals surface area contributed by atoms with E-state index in [0.717, 1.165) is 17.5 Å². The molecule has 172 valence electrons. The number of benzene rings is 2. The molecule has 0 aliphatic rings. The number of rotatable bonds is 8. The zero-order valence-electron chi connectivity index (χ0n) is 19.0. The van der Waals surface area contributed by atoms with Crippen LogP contribution in [-0.2, 0) is 13.0 Å². The van der Waals surface area contributed by atoms with E-state index in [2.05, 4.69) is 20.6 Å². The first-order chi connectivity index (χ1) is 16.0. The number of ether oxygens (including phenoxy) is 1. The second kappa shape index (κ2) is 11.6. The normalized spacial score (nSPS) is 11.1. The monoisotopic (exact) mass is 449 g/mol. The maximum absolute atomic E-state index is 14.4. The first kappa shape index (κ1) is 23.7. The van der Waals surface area contributed by atoms with Crippen LogP contribution >= 0.6 is 0 Å². The van der Waals surface area contributed by atoms with Crippen molar-refractivity contribution in [3.63, 3.8) is 0 Å². The van der Waals surface area contributed by atoms with Crippen molar-refractivity contribution in [1.29, 1.82) is 0 Å². The molecule has 0 bridgehead atoms. The van der Waals surface area contributed by atoms with Gasteiger partial charge in [-0.1, -0.05) is 18.2 Å². The van der Waals surface area contributed by atoms with E-state index >= 15 is 0 Å². The first-order valence-corrected chi connectivity index (χ1v) is 10.6. The highest BCUT2D eigenvalue weighted by Crippen LogP contribution is 2.24. The average Bonchev–Trinajstić information content (AvgIpc) is 2.83. The predicted octanol–water partition coefficient (Wildman–Crippen LogP) is 3.62. The van der Waals surface area contributed by atoms with Crippen molar-refractivity contribution in [2.24, 2.45) is 4.99 Å². The number of aromatic nitrogens is 1. The van der Waals surface area contributed by atoms with Crippen molar-refractivity contribution in [2.75, 3.05) is 27.7 Å². The minimum atomic E-state index is -0.451. The van der Waals surface area contributed by atoms with Gasteiger partial charge in [-0.25, -0.2) is 4.39 Å². The number of amides is 1. The van der Waals surface area contributed by atoms with Crippen molar-refractivity contribution in [3.05, 3.63) is 89.5 Å². The summed E-state index contributed by atoms with van der Waals surface area (Å²) >= 11 is 0. The fourth-order valence-electron chi connectivity index (χ4n) is 3.12. The fourth-order valence-corrected chi connectivity index (χ4v) is 3.12. The van der Waals surface area contributed by atoms with E-state index in [1.54, 1.807) is 56.5 Å². The van der Waals surface area contributed by atoms with Crippen LogP contribution in [0.2, 0.25) is 0 Å². The van der Waals surface area contributed by atoms with Crippen LogP contribution in [0.25, 0.3) is 0 Å². The molecule has 0 saturated heterocycles. The lowest BCUT2D eigenvalue weighted by molar-refractivity contribution is 0.0827. The minimum absolute atomic E-state index is 0.0219. The Balaban J connectivity index is 1.49. The summed E-state index contributed by atoms with van der Waals surface area (Å²) in [6.07, 6.45) is 3.88. The minimum Gasteiger partial charge on any atom is -0.453 e. The molecule has 2 N–H and O–H groups in total. The van der Waals surface area contributed by atoms with Crippen LogP contribution in [0.3, 0.4) is 0 Å². The number of pyridine rings is 1. The van der Waals surface area contributed by atoms with Gasteiger partial charge in [0.15, 0.2) is 17.5 Å². The summed E-state index contributed by atoms with van der Waals surface area (Å²) in [4.78, 5) is 21.8. The van der Waals surface area contributed by atoms with Gasteiger partial charge in [0.05, 0.1) is 6.20 Å². The molecular weight excluding hydrogens is 421 g/mol. The number of carbonyl (C=O) groups is 1. The van der Waals surface area contributed by atoms with Gasteiger partial charge in [0.2, 0.25) is 0 Å². The molecule has 3 rings (SSSR count). The van der Waals surface area contributed by atoms with Crippen molar-refractivity contribution in [1.82, 2.24) is 20.5 Å². The molecule has 0 fully saturated rings. The van der Waals surface area contributed by atoms with Crippen LogP contribution in [0.1, 0.15) is 21.5 Å². The third kappa shape index (κ3) is 7.03. The molecule has 0 spiro atoms. The third-order valence-corrected chi connectivity index (χ3v) is 4.83. The van der Waals surface area contributed by atoms with Crippen molar-refractivity contribution >= 4 is 11.9 Å². The Bertz CT molecular complexity index is 1100. The number of hydrogen-bond acceptors (Lipinski definition) is 4. The van der Waals surface area contributed by atoms with Crippen LogP contribution in [0.15, 0.2) is 72.0 Å². The summed E-state index contributed by atoms with van der Waals surface area (Å²) in [5, 5.41) is 6.41. The van der Waals surface area contributed by atoms with Gasteiger partial charge < -0.3 is 20.3 Å². The number of nitrogens with zero attached hydrogens (tertiary/aromatic N) is 3. The van der Waals surface area contributed by atoms with Crippen molar-refractivity contribution < 1.29 is 13.9 Å². The maximum atomic E-state index is 14.4. The summed E-state index contributed by atoms with van der Waals surface area (Å²) in [6.45, 7) is 1.03. The highest BCUT2D eigenvalue weighted by molar-refractivity contribution is 5.94. The largest absolute Gasteiger partial charge is 0.453 e. The van der Waals surface area contributed by atoms with Gasteiger partial charge in [-0.3, -0.25) is 14.8 Å². The van der Waals surface area contributed by atoms with E-state index in [-0.39, 0.29) is 11.7 Å². The number of carbonyl (C=O) groups excluding carboxylic acids is 1. The fraction of sp³-hybridized carbons (Fsp3) is 0.240. The molecule has 0 saturated carbocycles. The molecule has 33 heavy (non-hydrogen) atoms. The van der Waals surface area contributed by atoms with Crippen LogP contribution in [0.5, 0.6) is 11.5 Å². The molecule has 0 unspecified atom stereocenters. The van der Waals surface area contributed by atoms with Gasteiger partial charge in [0.25, 0.3) is 5.91 Å².